The van der Waals surface area contributed by atoms with Gasteiger partial charge in [-0.2, -0.15) is 0 Å². The van der Waals surface area contributed by atoms with Crippen LogP contribution in [0, 0.1) is 13.8 Å². The molecule has 0 fully saturated rings. The van der Waals surface area contributed by atoms with Crippen molar-refractivity contribution < 1.29 is 14.6 Å². The first-order chi connectivity index (χ1) is 17.0. The molecule has 0 saturated heterocycles. The highest BCUT2D eigenvalue weighted by Gasteiger charge is 2.20. The van der Waals surface area contributed by atoms with Gasteiger partial charge in [0.05, 0.1) is 19.4 Å². The highest BCUT2D eigenvalue weighted by molar-refractivity contribution is 5.93. The molecule has 5 N–H and O–H groups in total. The minimum Gasteiger partial charge on any atom is -0.491 e. The fourth-order valence-corrected chi connectivity index (χ4v) is 3.87. The van der Waals surface area contributed by atoms with E-state index in [0.29, 0.717) is 25.3 Å². The van der Waals surface area contributed by atoms with Crippen molar-refractivity contribution in [1.29, 1.82) is 0 Å². The summed E-state index contributed by atoms with van der Waals surface area (Å²) in [6.45, 7) is 6.93. The molecule has 0 spiro atoms. The lowest BCUT2D eigenvalue weighted by Gasteiger charge is -2.24. The number of allylic oxidation sites excluding steroid dienone is 4. The van der Waals surface area contributed by atoms with E-state index < -0.39 is 0 Å². The number of carbonyl (C=O) groups excluding carboxylic acids is 1. The van der Waals surface area contributed by atoms with Crippen molar-refractivity contribution in [2.75, 3.05) is 19.9 Å². The summed E-state index contributed by atoms with van der Waals surface area (Å²) in [7, 11) is 0. The summed E-state index contributed by atoms with van der Waals surface area (Å²) in [6.07, 6.45) is 12.5. The van der Waals surface area contributed by atoms with Crippen molar-refractivity contribution >= 4 is 5.91 Å². The van der Waals surface area contributed by atoms with Crippen LogP contribution >= 0.6 is 0 Å². The van der Waals surface area contributed by atoms with Gasteiger partial charge in [0.25, 0.3) is 5.91 Å². The van der Waals surface area contributed by atoms with E-state index in [1.165, 1.54) is 5.56 Å². The average molecular weight is 475 g/mol. The number of pyridine rings is 1. The summed E-state index contributed by atoms with van der Waals surface area (Å²) in [6, 6.07) is 10.4. The SMILES string of the molecule is CCOc1c(C)cc(CCNC(=O)C2=CC=C3C=CC=CC3N2)nc1-c1ccc(C)cc1.NCO. The van der Waals surface area contributed by atoms with Crippen LogP contribution in [-0.2, 0) is 11.2 Å². The summed E-state index contributed by atoms with van der Waals surface area (Å²) in [5, 5.41) is 13.6. The summed E-state index contributed by atoms with van der Waals surface area (Å²) in [5.41, 5.74) is 11.2. The Hall–Kier alpha value is -3.68. The van der Waals surface area contributed by atoms with Crippen LogP contribution in [0.2, 0.25) is 0 Å². The number of benzene rings is 1. The van der Waals surface area contributed by atoms with Crippen LogP contribution in [0.3, 0.4) is 0 Å². The van der Waals surface area contributed by atoms with Gasteiger partial charge in [-0.3, -0.25) is 4.79 Å². The second-order valence-corrected chi connectivity index (χ2v) is 8.21. The molecule has 2 aromatic rings. The zero-order valence-electron chi connectivity index (χ0n) is 20.5. The molecule has 2 aliphatic rings. The number of ether oxygens (including phenoxy) is 1. The van der Waals surface area contributed by atoms with Gasteiger partial charge < -0.3 is 26.2 Å². The number of aryl methyl sites for hydroxylation is 2. The maximum atomic E-state index is 12.6. The Morgan fingerprint density at radius 3 is 2.66 bits per heavy atom. The van der Waals surface area contributed by atoms with Crippen LogP contribution in [0.15, 0.2) is 78.1 Å². The Morgan fingerprint density at radius 2 is 1.94 bits per heavy atom. The van der Waals surface area contributed by atoms with Crippen molar-refractivity contribution in [1.82, 2.24) is 15.6 Å². The first-order valence-corrected chi connectivity index (χ1v) is 11.8. The average Bonchev–Trinajstić information content (AvgIpc) is 2.86. The molecule has 1 amide bonds. The Labute approximate surface area is 207 Å². The Balaban J connectivity index is 0.00000108. The molecule has 1 aromatic heterocycles. The third kappa shape index (κ3) is 6.91. The molecule has 2 heterocycles. The van der Waals surface area contributed by atoms with Gasteiger partial charge in [-0.25, -0.2) is 4.98 Å². The number of hydrogen-bond donors (Lipinski definition) is 4. The first kappa shape index (κ1) is 25.9. The van der Waals surface area contributed by atoms with Crippen LogP contribution in [0.25, 0.3) is 11.3 Å². The Kier molecular flexibility index (Phi) is 9.40. The molecule has 1 aliphatic carbocycles. The molecule has 0 radical (unpaired) electrons. The number of nitrogens with two attached hydrogens (primary N) is 1. The molecule has 7 nitrogen and oxygen atoms in total. The fraction of sp³-hybridized carbons (Fsp3) is 0.286. The van der Waals surface area contributed by atoms with Crippen molar-refractivity contribution in [2.45, 2.75) is 33.2 Å². The summed E-state index contributed by atoms with van der Waals surface area (Å²) in [5.74, 6) is 0.711. The minimum absolute atomic E-state index is 0.0539. The van der Waals surface area contributed by atoms with Gasteiger partial charge in [-0.05, 0) is 44.1 Å². The van der Waals surface area contributed by atoms with Gasteiger partial charge >= 0.3 is 0 Å². The van der Waals surface area contributed by atoms with Crippen molar-refractivity contribution in [3.8, 4) is 17.0 Å². The molecule has 1 unspecified atom stereocenters. The first-order valence-electron chi connectivity index (χ1n) is 11.8. The van der Waals surface area contributed by atoms with Gasteiger partial charge in [0.15, 0.2) is 0 Å². The van der Waals surface area contributed by atoms with E-state index >= 15 is 0 Å². The summed E-state index contributed by atoms with van der Waals surface area (Å²) < 4.78 is 5.91. The van der Waals surface area contributed by atoms with E-state index in [9.17, 15) is 4.79 Å². The molecular formula is C28H34N4O3. The maximum Gasteiger partial charge on any atom is 0.267 e. The summed E-state index contributed by atoms with van der Waals surface area (Å²) in [4.78, 5) is 17.5. The predicted octanol–water partition coefficient (Wildman–Crippen LogP) is 3.23. The minimum atomic E-state index is -0.250. The largest absolute Gasteiger partial charge is 0.491 e. The lowest BCUT2D eigenvalue weighted by molar-refractivity contribution is -0.117. The number of carbonyl (C=O) groups is 1. The summed E-state index contributed by atoms with van der Waals surface area (Å²) >= 11 is 0. The van der Waals surface area contributed by atoms with Crippen molar-refractivity contribution in [3.05, 3.63) is 94.9 Å². The van der Waals surface area contributed by atoms with E-state index in [0.717, 1.165) is 33.8 Å². The van der Waals surface area contributed by atoms with Crippen molar-refractivity contribution in [2.24, 2.45) is 5.73 Å². The van der Waals surface area contributed by atoms with E-state index in [2.05, 4.69) is 53.6 Å². The van der Waals surface area contributed by atoms with Crippen LogP contribution in [0.4, 0.5) is 0 Å². The molecule has 0 saturated carbocycles. The van der Waals surface area contributed by atoms with Crippen LogP contribution in [0.5, 0.6) is 5.75 Å². The zero-order valence-corrected chi connectivity index (χ0v) is 20.5. The number of rotatable bonds is 7. The normalized spacial score (nSPS) is 15.6. The van der Waals surface area contributed by atoms with E-state index in [-0.39, 0.29) is 18.7 Å². The quantitative estimate of drug-likeness (QED) is 0.459. The van der Waals surface area contributed by atoms with Gasteiger partial charge in [-0.15, -0.1) is 0 Å². The Bertz CT molecular complexity index is 1150. The third-order valence-electron chi connectivity index (χ3n) is 5.55. The molecule has 35 heavy (non-hydrogen) atoms. The number of hydrogen-bond acceptors (Lipinski definition) is 6. The topological polar surface area (TPSA) is 110 Å². The number of nitrogens with zero attached hydrogens (tertiary/aromatic N) is 1. The molecule has 7 heteroatoms. The predicted molar refractivity (Wildman–Crippen MR) is 140 cm³/mol. The van der Waals surface area contributed by atoms with E-state index in [4.69, 9.17) is 14.8 Å². The smallest absolute Gasteiger partial charge is 0.267 e. The number of fused-ring (bicyclic) bond motifs is 1. The molecular weight excluding hydrogens is 440 g/mol. The molecule has 1 aromatic carbocycles. The molecule has 4 rings (SSSR count). The lowest BCUT2D eigenvalue weighted by Crippen LogP contribution is -2.39. The van der Waals surface area contributed by atoms with Crippen LogP contribution < -0.4 is 21.1 Å². The number of amides is 1. The standard InChI is InChI=1S/C27H29N3O2.CH5NO/c1-4-32-26-19(3)17-22(29-25(26)21-11-9-18(2)10-12-21)15-16-28-27(31)24-14-13-20-7-5-6-8-23(20)30-24;2-1-3/h5-14,17,23,30H,4,15-16H2,1-3H3,(H,28,31);3H,1-2H2. The van der Waals surface area contributed by atoms with E-state index in [1.54, 1.807) is 0 Å². The van der Waals surface area contributed by atoms with Gasteiger partial charge in [0.2, 0.25) is 0 Å². The second-order valence-electron chi connectivity index (χ2n) is 8.21. The number of aliphatic hydroxyl groups excluding tert-OH is 1. The zero-order chi connectivity index (χ0) is 25.2. The Morgan fingerprint density at radius 1 is 1.20 bits per heavy atom. The molecule has 1 aliphatic heterocycles. The monoisotopic (exact) mass is 474 g/mol. The molecule has 184 valence electrons. The number of nitrogens with one attached hydrogen (secondary N) is 2. The van der Waals surface area contributed by atoms with E-state index in [1.807, 2.05) is 50.3 Å². The van der Waals surface area contributed by atoms with Crippen LogP contribution in [-0.4, -0.2) is 41.9 Å². The van der Waals surface area contributed by atoms with Gasteiger partial charge in [0.1, 0.15) is 17.1 Å². The van der Waals surface area contributed by atoms with Crippen molar-refractivity contribution in [3.63, 3.8) is 0 Å². The highest BCUT2D eigenvalue weighted by atomic mass is 16.5. The van der Waals surface area contributed by atoms with Gasteiger partial charge in [0, 0.05) is 24.2 Å². The molecule has 1 atom stereocenters. The highest BCUT2D eigenvalue weighted by Crippen LogP contribution is 2.32. The maximum absolute atomic E-state index is 12.6. The molecule has 0 bridgehead atoms. The lowest BCUT2D eigenvalue weighted by atomic mass is 9.98. The number of dihydropyridines is 1. The van der Waals surface area contributed by atoms with Crippen LogP contribution in [0.1, 0.15) is 23.7 Å². The van der Waals surface area contributed by atoms with Gasteiger partial charge in [-0.1, -0.05) is 60.2 Å². The third-order valence-corrected chi connectivity index (χ3v) is 5.55. The second kappa shape index (κ2) is 12.7. The number of aliphatic hydroxyl groups is 1. The number of aromatic nitrogens is 1. The fourth-order valence-electron chi connectivity index (χ4n) is 3.87.